The molecule has 0 bridgehead atoms. The van der Waals surface area contributed by atoms with Crippen molar-refractivity contribution in [2.24, 2.45) is 11.8 Å². The first-order chi connectivity index (χ1) is 7.00. The topological polar surface area (TPSA) is 0 Å². The molecule has 1 aliphatic carbocycles. The van der Waals surface area contributed by atoms with Crippen molar-refractivity contribution in [1.82, 2.24) is 0 Å². The third kappa shape index (κ3) is 3.77. The van der Waals surface area contributed by atoms with E-state index in [4.69, 9.17) is 0 Å². The van der Waals surface area contributed by atoms with Gasteiger partial charge in [-0.1, -0.05) is 20.3 Å². The molecular formula is C13H20F2. The average Bonchev–Trinajstić information content (AvgIpc) is 2.14. The van der Waals surface area contributed by atoms with E-state index in [-0.39, 0.29) is 23.1 Å². The van der Waals surface area contributed by atoms with E-state index in [1.54, 1.807) is 6.08 Å². The van der Waals surface area contributed by atoms with Crippen molar-refractivity contribution in [3.63, 3.8) is 0 Å². The monoisotopic (exact) mass is 214 g/mol. The molecule has 0 aromatic heterocycles. The second kappa shape index (κ2) is 5.43. The van der Waals surface area contributed by atoms with Crippen LogP contribution in [0.5, 0.6) is 0 Å². The molecule has 0 aromatic rings. The van der Waals surface area contributed by atoms with Crippen molar-refractivity contribution in [3.8, 4) is 0 Å². The van der Waals surface area contributed by atoms with Gasteiger partial charge in [0, 0.05) is 5.57 Å². The second-order valence-electron chi connectivity index (χ2n) is 4.75. The predicted octanol–water partition coefficient (Wildman–Crippen LogP) is 4.93. The van der Waals surface area contributed by atoms with Crippen LogP contribution in [0.15, 0.2) is 23.3 Å². The van der Waals surface area contributed by atoms with Gasteiger partial charge in [-0.3, -0.25) is 0 Å². The summed E-state index contributed by atoms with van der Waals surface area (Å²) in [6, 6.07) is 0. The van der Waals surface area contributed by atoms with Gasteiger partial charge in [0.1, 0.15) is 11.7 Å². The maximum Gasteiger partial charge on any atom is 0.124 e. The molecule has 0 amide bonds. The Labute approximate surface area is 91.1 Å². The van der Waals surface area contributed by atoms with Gasteiger partial charge in [-0.15, -0.1) is 0 Å². The van der Waals surface area contributed by atoms with Crippen LogP contribution in [0.4, 0.5) is 8.78 Å². The molecule has 0 radical (unpaired) electrons. The van der Waals surface area contributed by atoms with Crippen LogP contribution in [-0.4, -0.2) is 0 Å². The predicted molar refractivity (Wildman–Crippen MR) is 59.8 cm³/mol. The van der Waals surface area contributed by atoms with Gasteiger partial charge in [0.25, 0.3) is 0 Å². The highest BCUT2D eigenvalue weighted by Gasteiger charge is 2.14. The van der Waals surface area contributed by atoms with Crippen molar-refractivity contribution >= 4 is 0 Å². The first-order valence-electron chi connectivity index (χ1n) is 5.73. The Balaban J connectivity index is 2.88. The minimum absolute atomic E-state index is 0.191. The Morgan fingerprint density at radius 3 is 2.60 bits per heavy atom. The van der Waals surface area contributed by atoms with E-state index in [1.807, 2.05) is 6.92 Å². The Bertz CT molecular complexity index is 276. The molecule has 0 fully saturated rings. The molecule has 0 saturated carbocycles. The largest absolute Gasteiger partial charge is 0.211 e. The fraction of sp³-hybridized carbons (Fsp3) is 0.692. The normalized spacial score (nSPS) is 30.1. The van der Waals surface area contributed by atoms with E-state index >= 15 is 0 Å². The van der Waals surface area contributed by atoms with Crippen LogP contribution >= 0.6 is 0 Å². The van der Waals surface area contributed by atoms with E-state index in [0.717, 1.165) is 19.3 Å². The highest BCUT2D eigenvalue weighted by molar-refractivity contribution is 5.26. The molecular weight excluding hydrogens is 194 g/mol. The molecule has 0 heterocycles. The Morgan fingerprint density at radius 1 is 1.27 bits per heavy atom. The van der Waals surface area contributed by atoms with Crippen LogP contribution in [0.2, 0.25) is 0 Å². The highest BCUT2D eigenvalue weighted by atomic mass is 19.1. The van der Waals surface area contributed by atoms with Crippen LogP contribution in [0, 0.1) is 11.8 Å². The van der Waals surface area contributed by atoms with E-state index in [9.17, 15) is 8.78 Å². The molecule has 0 aromatic carbocycles. The minimum atomic E-state index is -0.380. The maximum absolute atomic E-state index is 13.5. The summed E-state index contributed by atoms with van der Waals surface area (Å²) in [6.07, 6.45) is 4.77. The standard InChI is InChI=1S/C13H20F2/c1-9-5-4-6-12(14)11(3)13(15)8-10(2)7-9/h8-10H,4-7H2,1-3H3. The third-order valence-corrected chi connectivity index (χ3v) is 3.06. The maximum atomic E-state index is 13.5. The molecule has 2 unspecified atom stereocenters. The number of allylic oxidation sites excluding steroid dienone is 4. The number of rotatable bonds is 0. The summed E-state index contributed by atoms with van der Waals surface area (Å²) in [5.74, 6) is 0.0789. The van der Waals surface area contributed by atoms with Crippen LogP contribution in [0.3, 0.4) is 0 Å². The summed E-state index contributed by atoms with van der Waals surface area (Å²) < 4.78 is 27.0. The fourth-order valence-corrected chi connectivity index (χ4v) is 2.12. The van der Waals surface area contributed by atoms with Gasteiger partial charge in [-0.2, -0.15) is 0 Å². The lowest BCUT2D eigenvalue weighted by atomic mass is 9.90. The zero-order valence-electron chi connectivity index (χ0n) is 9.82. The van der Waals surface area contributed by atoms with Crippen LogP contribution < -0.4 is 0 Å². The smallest absolute Gasteiger partial charge is 0.124 e. The molecule has 1 aliphatic rings. The first-order valence-corrected chi connectivity index (χ1v) is 5.73. The van der Waals surface area contributed by atoms with Gasteiger partial charge >= 0.3 is 0 Å². The minimum Gasteiger partial charge on any atom is -0.211 e. The Morgan fingerprint density at radius 2 is 1.93 bits per heavy atom. The summed E-state index contributed by atoms with van der Waals surface area (Å²) in [5.41, 5.74) is 0.191. The summed E-state index contributed by atoms with van der Waals surface area (Å²) in [6.45, 7) is 5.67. The zero-order chi connectivity index (χ0) is 11.4. The van der Waals surface area contributed by atoms with Gasteiger partial charge in [0.05, 0.1) is 0 Å². The van der Waals surface area contributed by atoms with Crippen molar-refractivity contribution in [2.75, 3.05) is 0 Å². The van der Waals surface area contributed by atoms with Crippen molar-refractivity contribution in [1.29, 1.82) is 0 Å². The molecule has 2 atom stereocenters. The average molecular weight is 214 g/mol. The van der Waals surface area contributed by atoms with Gasteiger partial charge in [0.2, 0.25) is 0 Å². The van der Waals surface area contributed by atoms with Gasteiger partial charge in [-0.05, 0) is 44.1 Å². The van der Waals surface area contributed by atoms with Crippen molar-refractivity contribution < 1.29 is 8.78 Å². The van der Waals surface area contributed by atoms with E-state index in [0.29, 0.717) is 12.3 Å². The van der Waals surface area contributed by atoms with Crippen molar-refractivity contribution in [3.05, 3.63) is 23.3 Å². The zero-order valence-corrected chi connectivity index (χ0v) is 9.82. The number of hydrogen-bond donors (Lipinski definition) is 0. The van der Waals surface area contributed by atoms with E-state index in [1.165, 1.54) is 6.92 Å². The molecule has 2 heteroatoms. The lowest BCUT2D eigenvalue weighted by Crippen LogP contribution is -2.03. The molecule has 15 heavy (non-hydrogen) atoms. The van der Waals surface area contributed by atoms with Crippen molar-refractivity contribution in [2.45, 2.75) is 46.5 Å². The van der Waals surface area contributed by atoms with Gasteiger partial charge in [-0.25, -0.2) is 8.78 Å². The van der Waals surface area contributed by atoms with Gasteiger partial charge in [0.15, 0.2) is 0 Å². The molecule has 0 N–H and O–H groups in total. The van der Waals surface area contributed by atoms with Gasteiger partial charge < -0.3 is 0 Å². The molecule has 0 aliphatic heterocycles. The van der Waals surface area contributed by atoms with Crippen LogP contribution in [0.25, 0.3) is 0 Å². The SMILES string of the molecule is CC1=C(F)CCCC(C)CC(C)C=C1F. The Kier molecular flexibility index (Phi) is 4.49. The summed E-state index contributed by atoms with van der Waals surface area (Å²) in [7, 11) is 0. The molecule has 0 saturated heterocycles. The highest BCUT2D eigenvalue weighted by Crippen LogP contribution is 2.28. The lowest BCUT2D eigenvalue weighted by molar-refractivity contribution is 0.408. The van der Waals surface area contributed by atoms with E-state index < -0.39 is 0 Å². The first kappa shape index (κ1) is 12.4. The summed E-state index contributed by atoms with van der Waals surface area (Å²) >= 11 is 0. The fourth-order valence-electron chi connectivity index (χ4n) is 2.12. The van der Waals surface area contributed by atoms with E-state index in [2.05, 4.69) is 6.92 Å². The third-order valence-electron chi connectivity index (χ3n) is 3.06. The lowest BCUT2D eigenvalue weighted by Gasteiger charge is -2.16. The quantitative estimate of drug-likeness (QED) is 0.536. The molecule has 0 nitrogen and oxygen atoms in total. The number of hydrogen-bond acceptors (Lipinski definition) is 0. The van der Waals surface area contributed by atoms with Crippen LogP contribution in [0.1, 0.15) is 46.5 Å². The van der Waals surface area contributed by atoms with Crippen LogP contribution in [-0.2, 0) is 0 Å². The molecule has 1 rings (SSSR count). The summed E-state index contributed by atoms with van der Waals surface area (Å²) in [5, 5.41) is 0. The molecule has 86 valence electrons. The molecule has 0 spiro atoms. The number of halogens is 2. The Hall–Kier alpha value is -0.660. The second-order valence-corrected chi connectivity index (χ2v) is 4.75. The summed E-state index contributed by atoms with van der Waals surface area (Å²) in [4.78, 5) is 0.